The molecule has 0 fully saturated rings. The van der Waals surface area contributed by atoms with Crippen molar-refractivity contribution in [1.29, 1.82) is 0 Å². The van der Waals surface area contributed by atoms with Crippen LogP contribution in [0.15, 0.2) is 30.3 Å². The third kappa shape index (κ3) is 17.6. The summed E-state index contributed by atoms with van der Waals surface area (Å²) in [6.45, 7) is 18.2. The molecular weight excluding hydrogens is 799 g/mol. The first-order chi connectivity index (χ1) is 29.0. The Balaban J connectivity index is 3.15. The van der Waals surface area contributed by atoms with Gasteiger partial charge in [0, 0.05) is 33.7 Å². The van der Waals surface area contributed by atoms with Crippen molar-refractivity contribution in [3.05, 3.63) is 35.9 Å². The monoisotopic (exact) mass is 876 g/mol. The van der Waals surface area contributed by atoms with Crippen LogP contribution in [-0.2, 0) is 49.6 Å². The molecule has 0 heterocycles. The zero-order valence-corrected chi connectivity index (χ0v) is 39.7. The molecule has 1 aromatic carbocycles. The second-order valence-electron chi connectivity index (χ2n) is 17.4. The van der Waals surface area contributed by atoms with Crippen molar-refractivity contribution >= 4 is 41.4 Å². The van der Waals surface area contributed by atoms with E-state index in [9.17, 15) is 38.7 Å². The van der Waals surface area contributed by atoms with Crippen LogP contribution in [-0.4, -0.2) is 152 Å². The molecule has 6 amide bonds. The molecule has 0 spiro atoms. The smallest absolute Gasteiger partial charge is 0.328 e. The molecule has 1 aromatic rings. The molecule has 8 atom stereocenters. The number of likely N-dealkylation sites (N-methyl/N-ethyl adjacent to an activating group) is 4. The van der Waals surface area contributed by atoms with Crippen LogP contribution in [0.2, 0.25) is 0 Å². The first-order valence-electron chi connectivity index (χ1n) is 21.8. The topological polar surface area (TPSA) is 216 Å². The van der Waals surface area contributed by atoms with Gasteiger partial charge >= 0.3 is 5.97 Å². The van der Waals surface area contributed by atoms with Gasteiger partial charge in [0.05, 0.1) is 19.3 Å². The van der Waals surface area contributed by atoms with Crippen LogP contribution in [0.3, 0.4) is 0 Å². The quantitative estimate of drug-likeness (QED) is 0.0808. The summed E-state index contributed by atoms with van der Waals surface area (Å²) < 4.78 is 10.8. The first-order valence-corrected chi connectivity index (χ1v) is 21.8. The number of hydrogen-bond donors (Lipinski definition) is 5. The molecule has 0 saturated carbocycles. The largest absolute Gasteiger partial charge is 0.459 e. The number of esters is 1. The van der Waals surface area contributed by atoms with E-state index in [-0.39, 0.29) is 50.2 Å². The van der Waals surface area contributed by atoms with Crippen LogP contribution in [0.4, 0.5) is 0 Å². The van der Waals surface area contributed by atoms with Crippen molar-refractivity contribution in [1.82, 2.24) is 36.0 Å². The number of benzene rings is 1. The lowest BCUT2D eigenvalue weighted by atomic mass is 9.97. The fraction of sp³-hybridized carbons (Fsp3) is 0.711. The van der Waals surface area contributed by atoms with Gasteiger partial charge in [0.1, 0.15) is 42.9 Å². The lowest BCUT2D eigenvalue weighted by molar-refractivity contribution is -0.150. The number of aliphatic hydroxyl groups is 1. The predicted molar refractivity (Wildman–Crippen MR) is 237 cm³/mol. The zero-order chi connectivity index (χ0) is 47.4. The number of hydrogen-bond acceptors (Lipinski definition) is 11. The van der Waals surface area contributed by atoms with E-state index in [1.54, 1.807) is 27.7 Å². The van der Waals surface area contributed by atoms with Crippen molar-refractivity contribution in [2.24, 2.45) is 23.7 Å². The Morgan fingerprint density at radius 3 is 1.76 bits per heavy atom. The third-order valence-electron chi connectivity index (χ3n) is 10.7. The van der Waals surface area contributed by atoms with E-state index in [0.717, 1.165) is 5.56 Å². The number of rotatable bonds is 27. The highest BCUT2D eigenvalue weighted by Gasteiger charge is 2.38. The summed E-state index contributed by atoms with van der Waals surface area (Å²) in [5.74, 6) is -4.84. The molecular formula is C45H77N7O10. The number of nitrogens with one attached hydrogen (secondary N) is 4. The van der Waals surface area contributed by atoms with Crippen molar-refractivity contribution < 1.29 is 48.1 Å². The van der Waals surface area contributed by atoms with Gasteiger partial charge in [-0.25, -0.2) is 4.79 Å². The van der Waals surface area contributed by atoms with Crippen LogP contribution in [0, 0.1) is 23.7 Å². The maximum atomic E-state index is 14.2. The van der Waals surface area contributed by atoms with Crippen molar-refractivity contribution in [2.75, 3.05) is 47.9 Å². The Labute approximate surface area is 369 Å². The standard InChI is InChI=1S/C45H77N7O10/c1-15-33(48-42(57)38(46-11)39(54)30(9)25-61-16-2)43(58)50(12)24-36(53)51(13)34(22-27(3)4)41(56)49-37(29(7)8)44(59)52(14)35(23-28(5)6)40(55)47-31(10)45(60)62-26-32-20-18-17-19-21-32/h17-21,27-31,33-35,37-39,46,54H,15-16,22-26H2,1-14H3,(H,47,55)(H,48,57)(H,49,56)/t30-,31+,33+,34+,35+,37+,38+,39-/m1/s1. The van der Waals surface area contributed by atoms with Gasteiger partial charge in [-0.1, -0.05) is 85.7 Å². The molecule has 352 valence electrons. The van der Waals surface area contributed by atoms with E-state index in [1.165, 1.54) is 49.8 Å². The Kier molecular flexibility index (Phi) is 24.5. The van der Waals surface area contributed by atoms with Crippen molar-refractivity contribution in [2.45, 2.75) is 137 Å². The summed E-state index contributed by atoms with van der Waals surface area (Å²) in [6.07, 6.45) is -0.385. The SMILES string of the molecule is CCOC[C@@H](C)[C@@H](O)[C@H](NC)C(=O)N[C@@H](CC)C(=O)N(C)CC(=O)N(C)[C@@H](CC(C)C)C(=O)N[C@H](C(=O)N(C)[C@@H](CC(C)C)C(=O)N[C@@H](C)C(=O)OCc1ccccc1)C(C)C. The molecule has 0 unspecified atom stereocenters. The van der Waals surface area contributed by atoms with E-state index in [1.807, 2.05) is 65.0 Å². The fourth-order valence-corrected chi connectivity index (χ4v) is 6.75. The fourth-order valence-electron chi connectivity index (χ4n) is 6.75. The molecule has 5 N–H and O–H groups in total. The van der Waals surface area contributed by atoms with Gasteiger partial charge in [-0.05, 0) is 63.5 Å². The summed E-state index contributed by atoms with van der Waals surface area (Å²) in [4.78, 5) is 99.1. The second-order valence-corrected chi connectivity index (χ2v) is 17.4. The average Bonchev–Trinajstić information content (AvgIpc) is 3.22. The molecule has 0 bridgehead atoms. The number of aliphatic hydroxyl groups excluding tert-OH is 1. The van der Waals surface area contributed by atoms with Gasteiger partial charge in [0.25, 0.3) is 0 Å². The van der Waals surface area contributed by atoms with Crippen LogP contribution in [0.25, 0.3) is 0 Å². The zero-order valence-electron chi connectivity index (χ0n) is 39.7. The minimum absolute atomic E-state index is 0.0183. The summed E-state index contributed by atoms with van der Waals surface area (Å²) in [5, 5.41) is 21.9. The number of carbonyl (C=O) groups is 7. The minimum Gasteiger partial charge on any atom is -0.459 e. The molecule has 0 aliphatic carbocycles. The number of nitrogens with zero attached hydrogens (tertiary/aromatic N) is 3. The number of amides is 6. The third-order valence-corrected chi connectivity index (χ3v) is 10.7. The van der Waals surface area contributed by atoms with Gasteiger partial charge in [-0.3, -0.25) is 28.8 Å². The van der Waals surface area contributed by atoms with Gasteiger partial charge in [0.2, 0.25) is 35.4 Å². The normalized spacial score (nSPS) is 15.3. The lowest BCUT2D eigenvalue weighted by Crippen LogP contribution is -2.60. The van der Waals surface area contributed by atoms with Crippen LogP contribution < -0.4 is 21.3 Å². The summed E-state index contributed by atoms with van der Waals surface area (Å²) >= 11 is 0. The highest BCUT2D eigenvalue weighted by Crippen LogP contribution is 2.18. The number of ether oxygens (including phenoxy) is 2. The molecule has 0 aliphatic rings. The Hall–Kier alpha value is -4.61. The molecule has 17 nitrogen and oxygen atoms in total. The number of carbonyl (C=O) groups excluding carboxylic acids is 7. The molecule has 0 radical (unpaired) electrons. The van der Waals surface area contributed by atoms with Gasteiger partial charge in [-0.15, -0.1) is 0 Å². The summed E-state index contributed by atoms with van der Waals surface area (Å²) in [7, 11) is 5.91. The van der Waals surface area contributed by atoms with Crippen LogP contribution in [0.5, 0.6) is 0 Å². The van der Waals surface area contributed by atoms with E-state index >= 15 is 0 Å². The highest BCUT2D eigenvalue weighted by molar-refractivity contribution is 5.96. The summed E-state index contributed by atoms with van der Waals surface area (Å²) in [5.41, 5.74) is 0.793. The molecule has 0 aliphatic heterocycles. The lowest BCUT2D eigenvalue weighted by Gasteiger charge is -2.35. The maximum absolute atomic E-state index is 14.2. The first kappa shape index (κ1) is 55.4. The van der Waals surface area contributed by atoms with E-state index in [4.69, 9.17) is 9.47 Å². The highest BCUT2D eigenvalue weighted by atomic mass is 16.5. The molecule has 0 saturated heterocycles. The second kappa shape index (κ2) is 27.4. The Morgan fingerprint density at radius 1 is 0.710 bits per heavy atom. The maximum Gasteiger partial charge on any atom is 0.328 e. The van der Waals surface area contributed by atoms with E-state index in [2.05, 4.69) is 21.3 Å². The van der Waals surface area contributed by atoms with Crippen molar-refractivity contribution in [3.8, 4) is 0 Å². The van der Waals surface area contributed by atoms with Gasteiger partial charge < -0.3 is 50.5 Å². The Morgan fingerprint density at radius 2 is 1.26 bits per heavy atom. The van der Waals surface area contributed by atoms with Gasteiger partial charge in [-0.2, -0.15) is 0 Å². The van der Waals surface area contributed by atoms with Crippen molar-refractivity contribution in [3.63, 3.8) is 0 Å². The molecule has 0 aromatic heterocycles. The predicted octanol–water partition coefficient (Wildman–Crippen LogP) is 2.10. The van der Waals surface area contributed by atoms with E-state index < -0.39 is 96.2 Å². The molecule has 17 heteroatoms. The van der Waals surface area contributed by atoms with Crippen LogP contribution >= 0.6 is 0 Å². The average molecular weight is 876 g/mol. The van der Waals surface area contributed by atoms with Gasteiger partial charge in [0.15, 0.2) is 0 Å². The molecule has 62 heavy (non-hydrogen) atoms. The Bertz CT molecular complexity index is 1590. The minimum atomic E-state index is -1.10. The summed E-state index contributed by atoms with van der Waals surface area (Å²) in [6, 6.07) is 3.02. The molecule has 1 rings (SSSR count). The van der Waals surface area contributed by atoms with E-state index in [0.29, 0.717) is 6.61 Å². The van der Waals surface area contributed by atoms with Crippen LogP contribution in [0.1, 0.15) is 94.1 Å².